The molecule has 0 amide bonds. The molecule has 1 heterocycles. The number of benzene rings is 1. The Morgan fingerprint density at radius 1 is 1.22 bits per heavy atom. The predicted molar refractivity (Wildman–Crippen MR) is 87.9 cm³/mol. The van der Waals surface area contributed by atoms with E-state index in [1.165, 1.54) is 7.11 Å². The van der Waals surface area contributed by atoms with Crippen molar-refractivity contribution < 1.29 is 14.3 Å². The van der Waals surface area contributed by atoms with E-state index in [1.54, 1.807) is 26.2 Å². The Balaban J connectivity index is 2.08. The van der Waals surface area contributed by atoms with Crippen molar-refractivity contribution in [3.05, 3.63) is 36.2 Å². The maximum absolute atomic E-state index is 11.6. The molecule has 0 spiro atoms. The van der Waals surface area contributed by atoms with Gasteiger partial charge in [-0.3, -0.25) is 4.79 Å². The lowest BCUT2D eigenvalue weighted by molar-refractivity contribution is -0.152. The molecule has 23 heavy (non-hydrogen) atoms. The monoisotopic (exact) mass is 315 g/mol. The number of ether oxygens (including phenoxy) is 2. The maximum Gasteiger partial charge on any atom is 0.316 e. The highest BCUT2D eigenvalue weighted by atomic mass is 16.5. The highest BCUT2D eigenvalue weighted by molar-refractivity contribution is 5.75. The Morgan fingerprint density at radius 2 is 1.87 bits per heavy atom. The summed E-state index contributed by atoms with van der Waals surface area (Å²) in [7, 11) is 1.35. The third kappa shape index (κ3) is 3.97. The number of methoxy groups -OCH3 is 1. The third-order valence-corrected chi connectivity index (χ3v) is 3.53. The number of rotatable bonds is 5. The van der Waals surface area contributed by atoms with Crippen molar-refractivity contribution >= 4 is 11.7 Å². The van der Waals surface area contributed by atoms with Crippen molar-refractivity contribution in [3.8, 4) is 17.1 Å². The van der Waals surface area contributed by atoms with Crippen LogP contribution in [0.15, 0.2) is 30.6 Å². The number of carbonyl (C=O) groups is 1. The molecule has 1 aromatic carbocycles. The molecule has 2 rings (SSSR count). The van der Waals surface area contributed by atoms with Crippen LogP contribution in [-0.2, 0) is 9.53 Å². The largest absolute Gasteiger partial charge is 0.469 e. The van der Waals surface area contributed by atoms with Gasteiger partial charge in [-0.2, -0.15) is 0 Å². The number of anilines is 1. The van der Waals surface area contributed by atoms with E-state index in [4.69, 9.17) is 15.2 Å². The zero-order valence-corrected chi connectivity index (χ0v) is 13.8. The summed E-state index contributed by atoms with van der Waals surface area (Å²) < 4.78 is 10.2. The molecule has 0 aliphatic heterocycles. The fraction of sp³-hybridized carbons (Fsp3) is 0.353. The predicted octanol–water partition coefficient (Wildman–Crippen LogP) is 2.61. The third-order valence-electron chi connectivity index (χ3n) is 3.53. The summed E-state index contributed by atoms with van der Waals surface area (Å²) in [6.07, 6.45) is 3.36. The summed E-state index contributed by atoms with van der Waals surface area (Å²) in [5.74, 6) is -0.341. The fourth-order valence-electron chi connectivity index (χ4n) is 1.98. The lowest BCUT2D eigenvalue weighted by Crippen LogP contribution is -2.32. The topological polar surface area (TPSA) is 87.3 Å². The molecule has 0 fully saturated rings. The van der Waals surface area contributed by atoms with Crippen LogP contribution < -0.4 is 10.5 Å². The Morgan fingerprint density at radius 3 is 2.43 bits per heavy atom. The van der Waals surface area contributed by atoms with Crippen LogP contribution in [0.3, 0.4) is 0 Å². The maximum atomic E-state index is 11.6. The van der Waals surface area contributed by atoms with Crippen LogP contribution in [0.2, 0.25) is 0 Å². The molecule has 2 aromatic rings. The van der Waals surface area contributed by atoms with E-state index in [-0.39, 0.29) is 18.6 Å². The van der Waals surface area contributed by atoms with Crippen LogP contribution in [0.25, 0.3) is 11.1 Å². The van der Waals surface area contributed by atoms with E-state index in [0.29, 0.717) is 0 Å². The van der Waals surface area contributed by atoms with Crippen molar-refractivity contribution in [2.75, 3.05) is 19.5 Å². The molecule has 0 saturated carbocycles. The summed E-state index contributed by atoms with van der Waals surface area (Å²) >= 11 is 0. The summed E-state index contributed by atoms with van der Waals surface area (Å²) in [5.41, 5.74) is 8.66. The SMILES string of the molecule is COC(=O)C(C)(C)COc1ncc(-c2ccc(N)c(C)c2)cn1. The second-order valence-electron chi connectivity index (χ2n) is 5.99. The van der Waals surface area contributed by atoms with E-state index in [0.717, 1.165) is 22.4 Å². The minimum atomic E-state index is -0.759. The van der Waals surface area contributed by atoms with Crippen LogP contribution in [0.4, 0.5) is 5.69 Å². The van der Waals surface area contributed by atoms with Gasteiger partial charge in [0, 0.05) is 23.6 Å². The molecule has 2 N–H and O–H groups in total. The molecule has 0 unspecified atom stereocenters. The first-order chi connectivity index (χ1) is 10.8. The van der Waals surface area contributed by atoms with Gasteiger partial charge in [0.25, 0.3) is 0 Å². The minimum Gasteiger partial charge on any atom is -0.469 e. The highest BCUT2D eigenvalue weighted by Gasteiger charge is 2.30. The first-order valence-electron chi connectivity index (χ1n) is 7.23. The highest BCUT2D eigenvalue weighted by Crippen LogP contribution is 2.23. The van der Waals surface area contributed by atoms with E-state index in [1.807, 2.05) is 25.1 Å². The van der Waals surface area contributed by atoms with Gasteiger partial charge in [-0.1, -0.05) is 6.07 Å². The molecular weight excluding hydrogens is 294 g/mol. The van der Waals surface area contributed by atoms with Crippen molar-refractivity contribution in [2.45, 2.75) is 20.8 Å². The number of hydrogen-bond acceptors (Lipinski definition) is 6. The van der Waals surface area contributed by atoms with E-state index < -0.39 is 5.41 Å². The Hall–Kier alpha value is -2.63. The standard InChI is InChI=1S/C17H21N3O3/c1-11-7-12(5-6-14(11)18)13-8-19-16(20-9-13)23-10-17(2,3)15(21)22-4/h5-9H,10,18H2,1-4H3. The van der Waals surface area contributed by atoms with E-state index in [2.05, 4.69) is 9.97 Å². The fourth-order valence-corrected chi connectivity index (χ4v) is 1.98. The lowest BCUT2D eigenvalue weighted by Gasteiger charge is -2.20. The number of nitrogens with zero attached hydrogens (tertiary/aromatic N) is 2. The first-order valence-corrected chi connectivity index (χ1v) is 7.23. The number of hydrogen-bond donors (Lipinski definition) is 1. The molecule has 0 bridgehead atoms. The number of aryl methyl sites for hydroxylation is 1. The van der Waals surface area contributed by atoms with Gasteiger partial charge in [0.1, 0.15) is 6.61 Å². The van der Waals surface area contributed by atoms with Gasteiger partial charge >= 0.3 is 12.0 Å². The summed E-state index contributed by atoms with van der Waals surface area (Å²) in [4.78, 5) is 20.0. The summed E-state index contributed by atoms with van der Waals surface area (Å²) in [6, 6.07) is 5.98. The molecule has 0 saturated heterocycles. The van der Waals surface area contributed by atoms with Crippen molar-refractivity contribution in [3.63, 3.8) is 0 Å². The van der Waals surface area contributed by atoms with Gasteiger partial charge in [-0.25, -0.2) is 9.97 Å². The molecule has 0 radical (unpaired) electrons. The van der Waals surface area contributed by atoms with Crippen LogP contribution in [0, 0.1) is 12.3 Å². The molecule has 1 aromatic heterocycles. The number of nitrogen functional groups attached to an aromatic ring is 1. The normalized spacial score (nSPS) is 11.1. The Kier molecular flexibility index (Phi) is 4.83. The molecule has 122 valence electrons. The molecule has 6 nitrogen and oxygen atoms in total. The molecule has 0 aliphatic rings. The average molecular weight is 315 g/mol. The van der Waals surface area contributed by atoms with Crippen LogP contribution in [0.1, 0.15) is 19.4 Å². The van der Waals surface area contributed by atoms with E-state index >= 15 is 0 Å². The molecule has 6 heteroatoms. The second-order valence-corrected chi connectivity index (χ2v) is 5.99. The Bertz CT molecular complexity index is 697. The van der Waals surface area contributed by atoms with Crippen molar-refractivity contribution in [1.29, 1.82) is 0 Å². The number of esters is 1. The zero-order valence-electron chi connectivity index (χ0n) is 13.8. The smallest absolute Gasteiger partial charge is 0.316 e. The van der Waals surface area contributed by atoms with Gasteiger partial charge in [-0.15, -0.1) is 0 Å². The number of aromatic nitrogens is 2. The van der Waals surface area contributed by atoms with Crippen molar-refractivity contribution in [2.24, 2.45) is 5.41 Å². The second kappa shape index (κ2) is 6.64. The average Bonchev–Trinajstić information content (AvgIpc) is 2.55. The van der Waals surface area contributed by atoms with Crippen LogP contribution in [0.5, 0.6) is 6.01 Å². The quantitative estimate of drug-likeness (QED) is 0.674. The van der Waals surface area contributed by atoms with Gasteiger partial charge in [0.2, 0.25) is 0 Å². The summed E-state index contributed by atoms with van der Waals surface area (Å²) in [6.45, 7) is 5.57. The van der Waals surface area contributed by atoms with E-state index in [9.17, 15) is 4.79 Å². The molecule has 0 aliphatic carbocycles. The van der Waals surface area contributed by atoms with Gasteiger partial charge in [0.05, 0.1) is 12.5 Å². The first kappa shape index (κ1) is 16.7. The van der Waals surface area contributed by atoms with Crippen molar-refractivity contribution in [1.82, 2.24) is 9.97 Å². The van der Waals surface area contributed by atoms with Crippen LogP contribution >= 0.6 is 0 Å². The van der Waals surface area contributed by atoms with Crippen LogP contribution in [-0.4, -0.2) is 29.7 Å². The number of nitrogens with two attached hydrogens (primary N) is 1. The van der Waals surface area contributed by atoms with Gasteiger partial charge in [-0.05, 0) is 44.0 Å². The minimum absolute atomic E-state index is 0.139. The number of carbonyl (C=O) groups excluding carboxylic acids is 1. The lowest BCUT2D eigenvalue weighted by atomic mass is 9.95. The van der Waals surface area contributed by atoms with Gasteiger partial charge in [0.15, 0.2) is 0 Å². The zero-order chi connectivity index (χ0) is 17.0. The molecule has 0 atom stereocenters. The molecular formula is C17H21N3O3. The van der Waals surface area contributed by atoms with Gasteiger partial charge < -0.3 is 15.2 Å². The summed E-state index contributed by atoms with van der Waals surface area (Å²) in [5, 5.41) is 0. The Labute approximate surface area is 135 Å².